The number of rotatable bonds is 2. The van der Waals surface area contributed by atoms with Crippen molar-refractivity contribution in [3.05, 3.63) is 41.8 Å². The second-order valence-corrected chi connectivity index (χ2v) is 2.45. The molecule has 0 N–H and O–H groups in total. The summed E-state index contributed by atoms with van der Waals surface area (Å²) in [4.78, 5) is 10.8. The Morgan fingerprint density at radius 3 is 2.42 bits per heavy atom. The molecular formula is C10H8NO+. The van der Waals surface area contributed by atoms with Crippen LogP contribution in [0.4, 0.5) is 0 Å². The van der Waals surface area contributed by atoms with E-state index < -0.39 is 0 Å². The van der Waals surface area contributed by atoms with Crippen molar-refractivity contribution in [2.24, 2.45) is 0 Å². The average molecular weight is 158 g/mol. The Labute approximate surface area is 71.4 Å². The standard InChI is InChI=1S/C10H8NO/c1-8(12)10-4-2-9(3-5-10)6-7-11/h2-6H,1H3/q+1. The van der Waals surface area contributed by atoms with Crippen LogP contribution in [0.3, 0.4) is 0 Å². The first-order valence-electron chi connectivity index (χ1n) is 3.58. The molecule has 0 aliphatic heterocycles. The van der Waals surface area contributed by atoms with Crippen molar-refractivity contribution in [3.63, 3.8) is 0 Å². The second-order valence-electron chi connectivity index (χ2n) is 2.45. The molecule has 2 nitrogen and oxygen atoms in total. The third-order valence-corrected chi connectivity index (χ3v) is 1.55. The lowest BCUT2D eigenvalue weighted by atomic mass is 10.1. The highest BCUT2D eigenvalue weighted by atomic mass is 16.1. The van der Waals surface area contributed by atoms with Gasteiger partial charge in [-0.1, -0.05) is 0 Å². The minimum Gasteiger partial charge on any atom is -0.294 e. The minimum absolute atomic E-state index is 0.0403. The summed E-state index contributed by atoms with van der Waals surface area (Å²) in [6, 6.07) is 8.85. The van der Waals surface area contributed by atoms with Crippen LogP contribution in [0.15, 0.2) is 24.3 Å². The Morgan fingerprint density at radius 1 is 1.42 bits per heavy atom. The molecule has 0 spiro atoms. The summed E-state index contributed by atoms with van der Waals surface area (Å²) in [5.74, 6) is 0.0403. The van der Waals surface area contributed by atoms with Crippen molar-refractivity contribution in [3.8, 4) is 6.07 Å². The zero-order valence-corrected chi connectivity index (χ0v) is 6.74. The molecule has 0 bridgehead atoms. The van der Waals surface area contributed by atoms with E-state index in [1.165, 1.54) is 13.3 Å². The molecule has 1 rings (SSSR count). The fourth-order valence-corrected chi connectivity index (χ4v) is 0.889. The number of hydrogen-bond donors (Lipinski definition) is 0. The zero-order chi connectivity index (χ0) is 8.97. The van der Waals surface area contributed by atoms with Gasteiger partial charge in [0.05, 0.1) is 0 Å². The van der Waals surface area contributed by atoms with Gasteiger partial charge in [-0.2, -0.15) is 5.26 Å². The Hall–Kier alpha value is -1.75. The molecule has 0 unspecified atom stereocenters. The summed E-state index contributed by atoms with van der Waals surface area (Å²) in [6.45, 7) is 1.52. The van der Waals surface area contributed by atoms with Crippen LogP contribution in [-0.2, 0) is 0 Å². The van der Waals surface area contributed by atoms with Crippen molar-refractivity contribution in [2.45, 2.75) is 6.92 Å². The third kappa shape index (κ3) is 1.86. The molecule has 0 amide bonds. The minimum atomic E-state index is 0.0403. The predicted molar refractivity (Wildman–Crippen MR) is 45.5 cm³/mol. The summed E-state index contributed by atoms with van der Waals surface area (Å²) in [5, 5.41) is 8.33. The van der Waals surface area contributed by atoms with Crippen molar-refractivity contribution >= 4 is 5.78 Å². The fourth-order valence-electron chi connectivity index (χ4n) is 0.889. The Kier molecular flexibility index (Phi) is 2.49. The van der Waals surface area contributed by atoms with Gasteiger partial charge in [-0.15, -0.1) is 0 Å². The van der Waals surface area contributed by atoms with Gasteiger partial charge in [0.2, 0.25) is 0 Å². The van der Waals surface area contributed by atoms with Crippen molar-refractivity contribution in [1.82, 2.24) is 0 Å². The van der Waals surface area contributed by atoms with Crippen LogP contribution in [-0.4, -0.2) is 5.78 Å². The lowest BCUT2D eigenvalue weighted by molar-refractivity contribution is 0.101. The summed E-state index contributed by atoms with van der Waals surface area (Å²) >= 11 is 0. The number of carbonyl (C=O) groups is 1. The molecule has 0 fully saturated rings. The molecule has 1 aromatic rings. The third-order valence-electron chi connectivity index (χ3n) is 1.55. The molecule has 0 saturated heterocycles. The molecule has 58 valence electrons. The van der Waals surface area contributed by atoms with Crippen molar-refractivity contribution < 1.29 is 4.79 Å². The molecule has 0 atom stereocenters. The maximum atomic E-state index is 10.8. The maximum Gasteiger partial charge on any atom is 0.162 e. The second kappa shape index (κ2) is 3.59. The van der Waals surface area contributed by atoms with Crippen LogP contribution >= 0.6 is 0 Å². The van der Waals surface area contributed by atoms with Gasteiger partial charge in [0.15, 0.2) is 11.9 Å². The van der Waals surface area contributed by atoms with E-state index in [2.05, 4.69) is 0 Å². The summed E-state index contributed by atoms with van der Waals surface area (Å²) in [6.07, 6.45) is 1.43. The largest absolute Gasteiger partial charge is 0.294 e. The monoisotopic (exact) mass is 158 g/mol. The highest BCUT2D eigenvalue weighted by Crippen LogP contribution is 2.06. The van der Waals surface area contributed by atoms with Gasteiger partial charge in [0.25, 0.3) is 0 Å². The normalized spacial score (nSPS) is 8.67. The molecule has 2 heteroatoms. The first-order chi connectivity index (χ1) is 5.74. The lowest BCUT2D eigenvalue weighted by Gasteiger charge is -1.89. The van der Waals surface area contributed by atoms with Crippen LogP contribution in [0.2, 0.25) is 0 Å². The number of ketones is 1. The summed E-state index contributed by atoms with van der Waals surface area (Å²) < 4.78 is 0. The molecule has 0 aromatic heterocycles. The molecule has 1 aromatic carbocycles. The topological polar surface area (TPSA) is 40.9 Å². The number of nitrogens with zero attached hydrogens (tertiary/aromatic N) is 1. The van der Waals surface area contributed by atoms with Gasteiger partial charge in [-0.25, -0.2) is 0 Å². The summed E-state index contributed by atoms with van der Waals surface area (Å²) in [7, 11) is 0. The molecular weight excluding hydrogens is 150 g/mol. The van der Waals surface area contributed by atoms with Crippen molar-refractivity contribution in [1.29, 1.82) is 5.26 Å². The number of hydrogen-bond acceptors (Lipinski definition) is 2. The quantitative estimate of drug-likeness (QED) is 0.487. The number of Topliss-reactive ketones (excluding diaryl/α,β-unsaturated/α-hetero) is 1. The highest BCUT2D eigenvalue weighted by molar-refractivity contribution is 5.94. The van der Waals surface area contributed by atoms with Crippen LogP contribution in [0.25, 0.3) is 0 Å². The van der Waals surface area contributed by atoms with E-state index in [9.17, 15) is 4.79 Å². The highest BCUT2D eigenvalue weighted by Gasteiger charge is 2.04. The smallest absolute Gasteiger partial charge is 0.162 e. The summed E-state index contributed by atoms with van der Waals surface area (Å²) in [5.41, 5.74) is 1.49. The number of carbonyl (C=O) groups excluding carboxylic acids is 1. The lowest BCUT2D eigenvalue weighted by Crippen LogP contribution is -1.91. The van der Waals surface area contributed by atoms with Gasteiger partial charge < -0.3 is 0 Å². The predicted octanol–water partition coefficient (Wildman–Crippen LogP) is 1.97. The Balaban J connectivity index is 2.87. The van der Waals surface area contributed by atoms with Crippen LogP contribution in [0.1, 0.15) is 22.8 Å². The SMILES string of the molecule is CC(=O)c1ccc([CH+]C#N)cc1. The van der Waals surface area contributed by atoms with Gasteiger partial charge in [0, 0.05) is 29.8 Å². The molecule has 0 aliphatic rings. The maximum absolute atomic E-state index is 10.8. The van der Waals surface area contributed by atoms with E-state index in [4.69, 9.17) is 5.26 Å². The first-order valence-corrected chi connectivity index (χ1v) is 3.58. The van der Waals surface area contributed by atoms with Crippen LogP contribution in [0.5, 0.6) is 0 Å². The van der Waals surface area contributed by atoms with E-state index in [1.54, 1.807) is 24.3 Å². The number of nitriles is 1. The number of benzene rings is 1. The average Bonchev–Trinajstić information content (AvgIpc) is 2.06. The fraction of sp³-hybridized carbons (Fsp3) is 0.100. The molecule has 0 aliphatic carbocycles. The van der Waals surface area contributed by atoms with Crippen LogP contribution in [0, 0.1) is 17.8 Å². The van der Waals surface area contributed by atoms with Crippen molar-refractivity contribution in [2.75, 3.05) is 0 Å². The first kappa shape index (κ1) is 8.35. The molecule has 12 heavy (non-hydrogen) atoms. The van der Waals surface area contributed by atoms with E-state index in [1.807, 2.05) is 6.07 Å². The molecule has 0 radical (unpaired) electrons. The van der Waals surface area contributed by atoms with E-state index in [-0.39, 0.29) is 5.78 Å². The Morgan fingerprint density at radius 2 is 2.00 bits per heavy atom. The van der Waals surface area contributed by atoms with E-state index in [0.717, 1.165) is 5.56 Å². The zero-order valence-electron chi connectivity index (χ0n) is 6.74. The van der Waals surface area contributed by atoms with Gasteiger partial charge in [0.1, 0.15) is 12.0 Å². The molecule has 0 heterocycles. The van der Waals surface area contributed by atoms with Gasteiger partial charge >= 0.3 is 0 Å². The molecule has 0 saturated carbocycles. The van der Waals surface area contributed by atoms with Gasteiger partial charge in [-0.05, 0) is 6.92 Å². The Bertz CT molecular complexity index is 319. The van der Waals surface area contributed by atoms with E-state index >= 15 is 0 Å². The van der Waals surface area contributed by atoms with Gasteiger partial charge in [-0.3, -0.25) is 4.79 Å². The van der Waals surface area contributed by atoms with Crippen LogP contribution < -0.4 is 0 Å². The van der Waals surface area contributed by atoms with E-state index in [0.29, 0.717) is 5.56 Å².